The molecule has 0 radical (unpaired) electrons. The lowest BCUT2D eigenvalue weighted by Gasteiger charge is -2.17. The van der Waals surface area contributed by atoms with Crippen molar-refractivity contribution in [2.75, 3.05) is 31.2 Å². The van der Waals surface area contributed by atoms with E-state index in [9.17, 15) is 5.11 Å². The summed E-state index contributed by atoms with van der Waals surface area (Å²) in [7, 11) is 0. The second-order valence-corrected chi connectivity index (χ2v) is 8.70. The number of nitrogens with one attached hydrogen (secondary N) is 1. The lowest BCUT2D eigenvalue weighted by atomic mass is 10.1. The van der Waals surface area contributed by atoms with Crippen LogP contribution in [0, 0.1) is 0 Å². The van der Waals surface area contributed by atoms with E-state index in [0.29, 0.717) is 34.5 Å². The van der Waals surface area contributed by atoms with Crippen molar-refractivity contribution in [3.8, 4) is 17.3 Å². The molecule has 6 rings (SSSR count). The number of nitrogens with zero attached hydrogens (tertiary/aromatic N) is 3. The predicted octanol–water partition coefficient (Wildman–Crippen LogP) is 3.81. The zero-order valence-corrected chi connectivity index (χ0v) is 19.6. The highest BCUT2D eigenvalue weighted by Crippen LogP contribution is 2.33. The van der Waals surface area contributed by atoms with Crippen molar-refractivity contribution in [3.63, 3.8) is 0 Å². The van der Waals surface area contributed by atoms with Crippen LogP contribution in [-0.4, -0.2) is 70.8 Å². The van der Waals surface area contributed by atoms with Gasteiger partial charge in [-0.3, -0.25) is 0 Å². The second-order valence-electron chi connectivity index (χ2n) is 8.29. The van der Waals surface area contributed by atoms with Crippen molar-refractivity contribution in [2.24, 2.45) is 0 Å². The maximum absolute atomic E-state index is 9.89. The predicted molar refractivity (Wildman–Crippen MR) is 127 cm³/mol. The van der Waals surface area contributed by atoms with Gasteiger partial charge in [-0.1, -0.05) is 37.6 Å². The summed E-state index contributed by atoms with van der Waals surface area (Å²) in [4.78, 5) is 14.7. The molecule has 0 saturated carbocycles. The van der Waals surface area contributed by atoms with Gasteiger partial charge in [0.1, 0.15) is 18.3 Å². The van der Waals surface area contributed by atoms with Crippen LogP contribution < -0.4 is 9.64 Å². The Morgan fingerprint density at radius 2 is 1.79 bits per heavy atom. The minimum Gasteiger partial charge on any atom is -0.456 e. The third-order valence-electron chi connectivity index (χ3n) is 6.26. The van der Waals surface area contributed by atoms with E-state index >= 15 is 0 Å². The molecule has 5 heterocycles. The number of imidazole rings is 1. The van der Waals surface area contributed by atoms with Crippen LogP contribution in [0.5, 0.6) is 6.01 Å². The first-order chi connectivity index (χ1) is 16.2. The van der Waals surface area contributed by atoms with E-state index in [4.69, 9.17) is 25.8 Å². The number of rotatable bonds is 4. The molecule has 3 aliphatic heterocycles. The van der Waals surface area contributed by atoms with Gasteiger partial charge in [0, 0.05) is 24.3 Å². The van der Waals surface area contributed by atoms with Crippen molar-refractivity contribution in [1.29, 1.82) is 0 Å². The number of aliphatic hydroxyl groups is 1. The lowest BCUT2D eigenvalue weighted by Crippen LogP contribution is -2.34. The number of ether oxygens (including phenoxy) is 3. The Labute approximate surface area is 197 Å². The van der Waals surface area contributed by atoms with Gasteiger partial charge >= 0.3 is 0 Å². The number of aromatic amines is 1. The fourth-order valence-electron chi connectivity index (χ4n) is 4.65. The van der Waals surface area contributed by atoms with E-state index in [1.165, 1.54) is 18.5 Å². The van der Waals surface area contributed by atoms with Crippen molar-refractivity contribution in [3.05, 3.63) is 35.4 Å². The first-order valence-corrected chi connectivity index (χ1v) is 12.0. The average Bonchev–Trinajstić information content (AvgIpc) is 3.62. The first-order valence-electron chi connectivity index (χ1n) is 11.7. The minimum atomic E-state index is -0.617. The first kappa shape index (κ1) is 22.4. The van der Waals surface area contributed by atoms with Gasteiger partial charge in [-0.05, 0) is 31.0 Å². The van der Waals surface area contributed by atoms with Gasteiger partial charge < -0.3 is 29.2 Å². The minimum absolute atomic E-state index is 0.256. The van der Waals surface area contributed by atoms with Crippen molar-refractivity contribution in [2.45, 2.75) is 51.1 Å². The monoisotopic (exact) mass is 472 g/mol. The van der Waals surface area contributed by atoms with E-state index in [2.05, 4.69) is 44.1 Å². The smallest absolute Gasteiger partial charge is 0.296 e. The Balaban J connectivity index is 0.00000111. The van der Waals surface area contributed by atoms with Crippen LogP contribution in [-0.2, 0) is 9.47 Å². The third-order valence-corrected chi connectivity index (χ3v) is 6.55. The quantitative estimate of drug-likeness (QED) is 0.596. The van der Waals surface area contributed by atoms with Crippen molar-refractivity contribution < 1.29 is 19.3 Å². The highest BCUT2D eigenvalue weighted by molar-refractivity contribution is 6.33. The summed E-state index contributed by atoms with van der Waals surface area (Å²) < 4.78 is 17.2. The summed E-state index contributed by atoms with van der Waals surface area (Å²) >= 11 is 6.54. The topological polar surface area (TPSA) is 92.7 Å². The SMILES string of the molecule is CC.OC1CO[C@@H]2C(Oc3nc4nc(-c5ccc(N6CCCC6)cc5)c(Cl)cc4[nH]3)CO[C@H]12. The van der Waals surface area contributed by atoms with Gasteiger partial charge in [0.2, 0.25) is 0 Å². The molecule has 33 heavy (non-hydrogen) atoms. The maximum Gasteiger partial charge on any atom is 0.296 e. The van der Waals surface area contributed by atoms with E-state index in [1.54, 1.807) is 0 Å². The second kappa shape index (κ2) is 9.46. The van der Waals surface area contributed by atoms with E-state index in [0.717, 1.165) is 18.7 Å². The number of hydrogen-bond donors (Lipinski definition) is 2. The third kappa shape index (κ3) is 4.28. The molecular formula is C24H29ClN4O4. The van der Waals surface area contributed by atoms with Crippen LogP contribution in [0.3, 0.4) is 0 Å². The fraction of sp³-hybridized carbons (Fsp3) is 0.500. The Morgan fingerprint density at radius 3 is 2.55 bits per heavy atom. The van der Waals surface area contributed by atoms with Crippen LogP contribution in [0.2, 0.25) is 5.02 Å². The van der Waals surface area contributed by atoms with Gasteiger partial charge in [-0.2, -0.15) is 4.98 Å². The molecule has 0 spiro atoms. The van der Waals surface area contributed by atoms with E-state index in [1.807, 2.05) is 19.9 Å². The van der Waals surface area contributed by atoms with Gasteiger partial charge in [0.15, 0.2) is 11.8 Å². The normalized spacial score (nSPS) is 26.4. The Bertz CT molecular complexity index is 1100. The Hall–Kier alpha value is -2.39. The molecule has 8 nitrogen and oxygen atoms in total. The van der Waals surface area contributed by atoms with Gasteiger partial charge in [0.25, 0.3) is 6.01 Å². The number of H-pyrrole nitrogens is 1. The number of pyridine rings is 1. The molecule has 0 bridgehead atoms. The van der Waals surface area contributed by atoms with E-state index in [-0.39, 0.29) is 24.9 Å². The molecule has 9 heteroatoms. The average molecular weight is 473 g/mol. The highest BCUT2D eigenvalue weighted by Gasteiger charge is 2.48. The molecule has 1 aromatic carbocycles. The number of anilines is 1. The standard InChI is InChI=1S/C22H23ClN4O4.C2H6/c23-14-9-15-21(25-18(14)12-3-5-13(6-4-12)27-7-1-2-8-27)26-22(24-15)31-17-11-30-19-16(28)10-29-20(17)19;1-2/h3-6,9,16-17,19-20,28H,1-2,7-8,10-11H2,(H,24,25,26);1-2H3/t16?,17?,19-,20-;/m1./s1. The largest absolute Gasteiger partial charge is 0.456 e. The molecule has 2 unspecified atom stereocenters. The van der Waals surface area contributed by atoms with Gasteiger partial charge in [0.05, 0.1) is 29.4 Å². The molecular weight excluding hydrogens is 444 g/mol. The number of fused-ring (bicyclic) bond motifs is 2. The van der Waals surface area contributed by atoms with Crippen LogP contribution in [0.1, 0.15) is 26.7 Å². The van der Waals surface area contributed by atoms with Gasteiger partial charge in [-0.15, -0.1) is 0 Å². The number of halogens is 1. The number of hydrogen-bond acceptors (Lipinski definition) is 7. The van der Waals surface area contributed by atoms with Crippen LogP contribution in [0.25, 0.3) is 22.4 Å². The molecule has 3 fully saturated rings. The summed E-state index contributed by atoms with van der Waals surface area (Å²) in [6, 6.07) is 10.5. The molecule has 3 saturated heterocycles. The summed E-state index contributed by atoms with van der Waals surface area (Å²) in [6.45, 7) is 6.81. The summed E-state index contributed by atoms with van der Waals surface area (Å²) in [6.07, 6.45) is 0.888. The van der Waals surface area contributed by atoms with Crippen LogP contribution >= 0.6 is 11.6 Å². The zero-order valence-electron chi connectivity index (χ0n) is 18.8. The molecule has 176 valence electrons. The van der Waals surface area contributed by atoms with Crippen LogP contribution in [0.4, 0.5) is 5.69 Å². The number of aliphatic hydroxyl groups excluding tert-OH is 1. The zero-order chi connectivity index (χ0) is 22.9. The number of benzene rings is 1. The van der Waals surface area contributed by atoms with Crippen molar-refractivity contribution >= 4 is 28.5 Å². The number of aromatic nitrogens is 3. The molecule has 2 N–H and O–H groups in total. The van der Waals surface area contributed by atoms with Crippen LogP contribution in [0.15, 0.2) is 30.3 Å². The summed E-state index contributed by atoms with van der Waals surface area (Å²) in [5.74, 6) is 0. The molecule has 2 aromatic heterocycles. The Morgan fingerprint density at radius 1 is 1.06 bits per heavy atom. The molecule has 0 aliphatic carbocycles. The molecule has 3 aliphatic rings. The highest BCUT2D eigenvalue weighted by atomic mass is 35.5. The lowest BCUT2D eigenvalue weighted by molar-refractivity contribution is 0.00706. The molecule has 4 atom stereocenters. The van der Waals surface area contributed by atoms with Gasteiger partial charge in [-0.25, -0.2) is 4.98 Å². The van der Waals surface area contributed by atoms with Crippen molar-refractivity contribution in [1.82, 2.24) is 15.0 Å². The maximum atomic E-state index is 9.89. The van der Waals surface area contributed by atoms with E-state index < -0.39 is 6.10 Å². The molecule has 0 amide bonds. The Kier molecular flexibility index (Phi) is 6.42. The summed E-state index contributed by atoms with van der Waals surface area (Å²) in [5.41, 5.74) is 4.08. The summed E-state index contributed by atoms with van der Waals surface area (Å²) in [5, 5.41) is 10.4. The molecule has 3 aromatic rings. The fourth-order valence-corrected chi connectivity index (χ4v) is 4.91.